The summed E-state index contributed by atoms with van der Waals surface area (Å²) in [5.74, 6) is 0.938. The van der Waals surface area contributed by atoms with Crippen LogP contribution in [0.5, 0.6) is 0 Å². The van der Waals surface area contributed by atoms with Gasteiger partial charge in [0.1, 0.15) is 0 Å². The minimum Gasteiger partial charge on any atom is -0.370 e. The van der Waals surface area contributed by atoms with Gasteiger partial charge in [0.25, 0.3) is 0 Å². The van der Waals surface area contributed by atoms with Crippen LogP contribution in [0.4, 0.5) is 5.69 Å². The lowest BCUT2D eigenvalue weighted by molar-refractivity contribution is 0.380. The van der Waals surface area contributed by atoms with Crippen LogP contribution >= 0.6 is 46.9 Å². The Balaban J connectivity index is 0.00000225. The fraction of sp³-hybridized carbons (Fsp3) is 0.412. The molecule has 1 saturated heterocycles. The van der Waals surface area contributed by atoms with Crippen molar-refractivity contribution in [2.75, 3.05) is 37.6 Å². The molecule has 136 valence electrons. The van der Waals surface area contributed by atoms with Crippen molar-refractivity contribution in [2.24, 2.45) is 10.7 Å². The average Bonchev–Trinajstić information content (AvgIpc) is 3.15. The maximum Gasteiger partial charge on any atom is 0.191 e. The number of halogens is 2. The Morgan fingerprint density at radius 1 is 1.28 bits per heavy atom. The summed E-state index contributed by atoms with van der Waals surface area (Å²) in [4.78, 5) is 13.4. The Hall–Kier alpha value is -1.06. The lowest BCUT2D eigenvalue weighted by Crippen LogP contribution is -2.51. The van der Waals surface area contributed by atoms with E-state index in [0.717, 1.165) is 36.2 Å². The molecule has 1 unspecified atom stereocenters. The molecule has 1 atom stereocenters. The van der Waals surface area contributed by atoms with Gasteiger partial charge in [0.15, 0.2) is 5.96 Å². The molecule has 1 fully saturated rings. The molecule has 0 amide bonds. The number of benzene rings is 1. The first kappa shape index (κ1) is 20.3. The van der Waals surface area contributed by atoms with Crippen LogP contribution in [-0.4, -0.2) is 48.6 Å². The van der Waals surface area contributed by atoms with E-state index in [1.54, 1.807) is 11.3 Å². The number of guanidine groups is 1. The summed E-state index contributed by atoms with van der Waals surface area (Å²) >= 11 is 7.62. The zero-order valence-corrected chi connectivity index (χ0v) is 18.0. The van der Waals surface area contributed by atoms with Crippen molar-refractivity contribution in [1.29, 1.82) is 0 Å². The number of anilines is 1. The van der Waals surface area contributed by atoms with Crippen LogP contribution in [0.3, 0.4) is 0 Å². The fourth-order valence-corrected chi connectivity index (χ4v) is 3.55. The van der Waals surface area contributed by atoms with Crippen molar-refractivity contribution in [1.82, 2.24) is 9.88 Å². The standard InChI is InChI=1S/C17H22ClN5S.HI/c1-13(16-20-6-11-24-16)12-21-17(19)23-9-7-22(8-10-23)15-4-2-14(18)3-5-15;/h2-6,11,13H,7-10,12H2,1H3,(H2,19,21);1H. The topological polar surface area (TPSA) is 57.8 Å². The van der Waals surface area contributed by atoms with Crippen molar-refractivity contribution < 1.29 is 0 Å². The van der Waals surface area contributed by atoms with Gasteiger partial charge in [-0.05, 0) is 24.3 Å². The lowest BCUT2D eigenvalue weighted by Gasteiger charge is -2.36. The largest absolute Gasteiger partial charge is 0.370 e. The summed E-state index contributed by atoms with van der Waals surface area (Å²) in [7, 11) is 0. The van der Waals surface area contributed by atoms with Gasteiger partial charge in [-0.2, -0.15) is 0 Å². The molecular formula is C17H23ClIN5S. The number of piperazine rings is 1. The van der Waals surface area contributed by atoms with E-state index in [1.165, 1.54) is 5.69 Å². The summed E-state index contributed by atoms with van der Waals surface area (Å²) in [6.45, 7) is 6.43. The molecule has 1 aromatic heterocycles. The third kappa shape index (κ3) is 5.46. The molecule has 0 spiro atoms. The summed E-state index contributed by atoms with van der Waals surface area (Å²) < 4.78 is 0. The van der Waals surface area contributed by atoms with Gasteiger partial charge in [-0.1, -0.05) is 18.5 Å². The molecule has 0 bridgehead atoms. The summed E-state index contributed by atoms with van der Waals surface area (Å²) in [6.07, 6.45) is 1.83. The van der Waals surface area contributed by atoms with Crippen LogP contribution in [0.2, 0.25) is 5.02 Å². The van der Waals surface area contributed by atoms with Gasteiger partial charge in [-0.15, -0.1) is 35.3 Å². The quantitative estimate of drug-likeness (QED) is 0.403. The molecule has 2 heterocycles. The van der Waals surface area contributed by atoms with Crippen molar-refractivity contribution in [2.45, 2.75) is 12.8 Å². The first-order valence-electron chi connectivity index (χ1n) is 8.08. The van der Waals surface area contributed by atoms with E-state index in [9.17, 15) is 0 Å². The van der Waals surface area contributed by atoms with Gasteiger partial charge in [0.05, 0.1) is 11.6 Å². The van der Waals surface area contributed by atoms with E-state index in [4.69, 9.17) is 17.3 Å². The Morgan fingerprint density at radius 2 is 1.96 bits per heavy atom. The van der Waals surface area contributed by atoms with E-state index in [2.05, 4.69) is 38.8 Å². The second-order valence-corrected chi connectivity index (χ2v) is 7.28. The molecule has 5 nitrogen and oxygen atoms in total. The highest BCUT2D eigenvalue weighted by molar-refractivity contribution is 14.0. The van der Waals surface area contributed by atoms with Crippen LogP contribution < -0.4 is 10.6 Å². The molecule has 0 radical (unpaired) electrons. The summed E-state index contributed by atoms with van der Waals surface area (Å²) in [6, 6.07) is 7.98. The SMILES string of the molecule is CC(CN=C(N)N1CCN(c2ccc(Cl)cc2)CC1)c1nccs1.I. The monoisotopic (exact) mass is 491 g/mol. The van der Waals surface area contributed by atoms with Gasteiger partial charge >= 0.3 is 0 Å². The molecule has 2 N–H and O–H groups in total. The van der Waals surface area contributed by atoms with E-state index < -0.39 is 0 Å². The van der Waals surface area contributed by atoms with Crippen LogP contribution in [0, 0.1) is 0 Å². The first-order valence-corrected chi connectivity index (χ1v) is 9.34. The van der Waals surface area contributed by atoms with Crippen LogP contribution in [0.1, 0.15) is 17.8 Å². The minimum atomic E-state index is 0. The highest BCUT2D eigenvalue weighted by Crippen LogP contribution is 2.20. The lowest BCUT2D eigenvalue weighted by atomic mass is 10.2. The molecule has 0 saturated carbocycles. The molecular weight excluding hydrogens is 469 g/mol. The van der Waals surface area contributed by atoms with Crippen molar-refractivity contribution in [3.05, 3.63) is 45.9 Å². The highest BCUT2D eigenvalue weighted by atomic mass is 127. The van der Waals surface area contributed by atoms with Gasteiger partial charge in [-0.25, -0.2) is 4.98 Å². The third-order valence-electron chi connectivity index (χ3n) is 4.20. The average molecular weight is 492 g/mol. The van der Waals surface area contributed by atoms with Gasteiger partial charge in [-0.3, -0.25) is 4.99 Å². The fourth-order valence-electron chi connectivity index (χ4n) is 2.73. The van der Waals surface area contributed by atoms with Crippen molar-refractivity contribution in [3.8, 4) is 0 Å². The number of nitrogens with zero attached hydrogens (tertiary/aromatic N) is 4. The van der Waals surface area contributed by atoms with Crippen molar-refractivity contribution in [3.63, 3.8) is 0 Å². The molecule has 8 heteroatoms. The predicted molar refractivity (Wildman–Crippen MR) is 118 cm³/mol. The maximum absolute atomic E-state index is 6.18. The maximum atomic E-state index is 6.18. The minimum absolute atomic E-state index is 0. The van der Waals surface area contributed by atoms with Gasteiger partial charge in [0, 0.05) is 54.4 Å². The Morgan fingerprint density at radius 3 is 2.56 bits per heavy atom. The molecule has 25 heavy (non-hydrogen) atoms. The summed E-state index contributed by atoms with van der Waals surface area (Å²) in [5.41, 5.74) is 7.38. The second kappa shape index (κ2) is 9.59. The molecule has 2 aromatic rings. The Labute approximate surface area is 174 Å². The Bertz CT molecular complexity index is 669. The number of aliphatic imine (C=N–C) groups is 1. The van der Waals surface area contributed by atoms with E-state index in [0.29, 0.717) is 18.4 Å². The third-order valence-corrected chi connectivity index (χ3v) is 5.45. The normalized spacial score (nSPS) is 16.5. The number of hydrogen-bond donors (Lipinski definition) is 1. The van der Waals surface area contributed by atoms with Crippen LogP contribution in [-0.2, 0) is 0 Å². The zero-order valence-electron chi connectivity index (χ0n) is 14.1. The number of hydrogen-bond acceptors (Lipinski definition) is 4. The van der Waals surface area contributed by atoms with E-state index in [-0.39, 0.29) is 24.0 Å². The number of thiazole rings is 1. The summed E-state index contributed by atoms with van der Waals surface area (Å²) in [5, 5.41) is 3.87. The van der Waals surface area contributed by atoms with E-state index in [1.807, 2.05) is 23.7 Å². The van der Waals surface area contributed by atoms with Crippen molar-refractivity contribution >= 4 is 58.6 Å². The number of nitrogens with two attached hydrogens (primary N) is 1. The number of aromatic nitrogens is 1. The number of rotatable bonds is 4. The smallest absolute Gasteiger partial charge is 0.191 e. The van der Waals surface area contributed by atoms with Crippen LogP contribution in [0.15, 0.2) is 40.8 Å². The molecule has 1 aliphatic heterocycles. The molecule has 1 aliphatic rings. The molecule has 3 rings (SSSR count). The highest BCUT2D eigenvalue weighted by Gasteiger charge is 2.19. The van der Waals surface area contributed by atoms with E-state index >= 15 is 0 Å². The first-order chi connectivity index (χ1) is 11.6. The Kier molecular flexibility index (Phi) is 7.77. The van der Waals surface area contributed by atoms with Gasteiger partial charge in [0.2, 0.25) is 0 Å². The van der Waals surface area contributed by atoms with Crippen LogP contribution in [0.25, 0.3) is 0 Å². The molecule has 0 aliphatic carbocycles. The zero-order chi connectivity index (χ0) is 16.9. The predicted octanol–water partition coefficient (Wildman–Crippen LogP) is 3.65. The second-order valence-electron chi connectivity index (χ2n) is 5.92. The van der Waals surface area contributed by atoms with Gasteiger partial charge < -0.3 is 15.5 Å². The molecule has 1 aromatic carbocycles.